The van der Waals surface area contributed by atoms with Crippen molar-refractivity contribution in [3.63, 3.8) is 0 Å². The lowest BCUT2D eigenvalue weighted by Crippen LogP contribution is -1.96. The average molecular weight is 369 g/mol. The van der Waals surface area contributed by atoms with Gasteiger partial charge in [-0.05, 0) is 50.1 Å². The Morgan fingerprint density at radius 1 is 0.704 bits per heavy atom. The van der Waals surface area contributed by atoms with Crippen LogP contribution in [0, 0.1) is 25.7 Å². The first-order valence-corrected chi connectivity index (χ1v) is 9.09. The highest BCUT2D eigenvalue weighted by molar-refractivity contribution is 6.31. The molecule has 3 aromatic carbocycles. The molecule has 27 heavy (non-hydrogen) atoms. The van der Waals surface area contributed by atoms with Crippen LogP contribution < -0.4 is 0 Å². The normalized spacial score (nSPS) is 10.5. The van der Waals surface area contributed by atoms with E-state index in [1.165, 1.54) is 11.1 Å². The number of hydrogen-bond acceptors (Lipinski definition) is 2. The summed E-state index contributed by atoms with van der Waals surface area (Å²) in [4.78, 5) is 9.57. The minimum atomic E-state index is 0.636. The van der Waals surface area contributed by atoms with Gasteiger partial charge in [0.05, 0.1) is 11.0 Å². The number of hydrogen-bond donors (Lipinski definition) is 0. The van der Waals surface area contributed by atoms with Crippen LogP contribution in [0.5, 0.6) is 0 Å². The lowest BCUT2D eigenvalue weighted by Gasteiger charge is -2.07. The molecular formula is C24H17ClN2. The Morgan fingerprint density at radius 2 is 1.37 bits per heavy atom. The number of rotatable bonds is 1. The third-order valence-corrected chi connectivity index (χ3v) is 4.56. The fourth-order valence-electron chi connectivity index (χ4n) is 2.80. The van der Waals surface area contributed by atoms with Gasteiger partial charge >= 0.3 is 0 Å². The van der Waals surface area contributed by atoms with Crippen LogP contribution in [-0.2, 0) is 0 Å². The van der Waals surface area contributed by atoms with Crippen molar-refractivity contribution in [1.82, 2.24) is 9.97 Å². The van der Waals surface area contributed by atoms with E-state index in [1.807, 2.05) is 30.3 Å². The van der Waals surface area contributed by atoms with Crippen LogP contribution in [0.1, 0.15) is 22.4 Å². The topological polar surface area (TPSA) is 25.8 Å². The minimum Gasteiger partial charge on any atom is -0.243 e. The van der Waals surface area contributed by atoms with Crippen molar-refractivity contribution in [3.8, 4) is 23.1 Å². The Labute approximate surface area is 163 Å². The van der Waals surface area contributed by atoms with Gasteiger partial charge in [0.1, 0.15) is 11.4 Å². The molecule has 4 rings (SSSR count). The van der Waals surface area contributed by atoms with Gasteiger partial charge in [0.15, 0.2) is 0 Å². The second-order valence-corrected chi connectivity index (χ2v) is 6.97. The molecule has 1 heterocycles. The zero-order valence-corrected chi connectivity index (χ0v) is 15.9. The second kappa shape index (κ2) is 7.23. The molecule has 0 saturated carbocycles. The van der Waals surface area contributed by atoms with Gasteiger partial charge in [0.25, 0.3) is 0 Å². The highest BCUT2D eigenvalue weighted by Crippen LogP contribution is 2.25. The third-order valence-electron chi connectivity index (χ3n) is 4.33. The van der Waals surface area contributed by atoms with Gasteiger partial charge in [-0.15, -0.1) is 0 Å². The maximum absolute atomic E-state index is 6.13. The molecule has 4 aromatic rings. The van der Waals surface area contributed by atoms with Crippen LogP contribution in [0.2, 0.25) is 5.02 Å². The predicted molar refractivity (Wildman–Crippen MR) is 112 cm³/mol. The van der Waals surface area contributed by atoms with E-state index < -0.39 is 0 Å². The van der Waals surface area contributed by atoms with Gasteiger partial charge in [-0.3, -0.25) is 0 Å². The Bertz CT molecular complexity index is 1180. The lowest BCUT2D eigenvalue weighted by atomic mass is 10.1. The SMILES string of the molecule is Cc1ccc(C#Cc2nc3cc(Cl)ccc3nc2-c2ccc(C)cc2)cc1. The van der Waals surface area contributed by atoms with E-state index in [4.69, 9.17) is 21.6 Å². The van der Waals surface area contributed by atoms with Gasteiger partial charge in [0, 0.05) is 16.1 Å². The summed E-state index contributed by atoms with van der Waals surface area (Å²) in [6.45, 7) is 4.13. The summed E-state index contributed by atoms with van der Waals surface area (Å²) < 4.78 is 0. The van der Waals surface area contributed by atoms with E-state index in [0.29, 0.717) is 10.7 Å². The first-order chi connectivity index (χ1) is 13.1. The molecule has 0 fully saturated rings. The maximum Gasteiger partial charge on any atom is 0.140 e. The van der Waals surface area contributed by atoms with E-state index in [2.05, 4.69) is 62.1 Å². The molecule has 2 nitrogen and oxygen atoms in total. The average Bonchev–Trinajstić information content (AvgIpc) is 2.67. The molecule has 0 aliphatic rings. The lowest BCUT2D eigenvalue weighted by molar-refractivity contribution is 1.26. The molecule has 0 aliphatic carbocycles. The van der Waals surface area contributed by atoms with E-state index in [-0.39, 0.29) is 0 Å². The molecule has 3 heteroatoms. The number of nitrogens with zero attached hydrogens (tertiary/aromatic N) is 2. The molecule has 1 aromatic heterocycles. The van der Waals surface area contributed by atoms with E-state index in [0.717, 1.165) is 27.9 Å². The van der Waals surface area contributed by atoms with Crippen molar-refractivity contribution in [2.24, 2.45) is 0 Å². The second-order valence-electron chi connectivity index (χ2n) is 6.54. The largest absolute Gasteiger partial charge is 0.243 e. The van der Waals surface area contributed by atoms with Crippen molar-refractivity contribution >= 4 is 22.6 Å². The molecule has 0 bridgehead atoms. The van der Waals surface area contributed by atoms with Crippen LogP contribution in [0.15, 0.2) is 66.7 Å². The zero-order chi connectivity index (χ0) is 18.8. The van der Waals surface area contributed by atoms with Crippen LogP contribution in [0.25, 0.3) is 22.3 Å². The Kier molecular flexibility index (Phi) is 4.62. The number of fused-ring (bicyclic) bond motifs is 1. The first-order valence-electron chi connectivity index (χ1n) is 8.71. The predicted octanol–water partition coefficient (Wildman–Crippen LogP) is 5.97. The molecule has 0 spiro atoms. The fraction of sp³-hybridized carbons (Fsp3) is 0.0833. The summed E-state index contributed by atoms with van der Waals surface area (Å²) in [6, 6.07) is 21.9. The Balaban J connectivity index is 1.89. The van der Waals surface area contributed by atoms with Crippen molar-refractivity contribution in [3.05, 3.63) is 94.1 Å². The molecule has 0 radical (unpaired) electrons. The maximum atomic E-state index is 6.13. The zero-order valence-electron chi connectivity index (χ0n) is 15.1. The van der Waals surface area contributed by atoms with Gasteiger partial charge in [-0.1, -0.05) is 65.0 Å². The standard InChI is InChI=1S/C24H17ClN2/c1-16-3-7-18(8-4-16)9-13-22-24(19-10-5-17(2)6-11-19)27-21-14-12-20(25)15-23(21)26-22/h3-8,10-12,14-15H,1-2H3. The van der Waals surface area contributed by atoms with E-state index >= 15 is 0 Å². The fourth-order valence-corrected chi connectivity index (χ4v) is 2.96. The molecule has 0 N–H and O–H groups in total. The highest BCUT2D eigenvalue weighted by Gasteiger charge is 2.10. The molecular weight excluding hydrogens is 352 g/mol. The molecule has 0 unspecified atom stereocenters. The van der Waals surface area contributed by atoms with Crippen molar-refractivity contribution in [2.75, 3.05) is 0 Å². The molecule has 0 saturated heterocycles. The summed E-state index contributed by atoms with van der Waals surface area (Å²) in [6.07, 6.45) is 0. The summed E-state index contributed by atoms with van der Waals surface area (Å²) in [7, 11) is 0. The molecule has 0 amide bonds. The van der Waals surface area contributed by atoms with Crippen LogP contribution in [-0.4, -0.2) is 9.97 Å². The monoisotopic (exact) mass is 368 g/mol. The summed E-state index contributed by atoms with van der Waals surface area (Å²) in [5.41, 5.74) is 7.33. The van der Waals surface area contributed by atoms with Crippen molar-refractivity contribution in [1.29, 1.82) is 0 Å². The smallest absolute Gasteiger partial charge is 0.140 e. The summed E-state index contributed by atoms with van der Waals surface area (Å²) >= 11 is 6.13. The van der Waals surface area contributed by atoms with E-state index in [1.54, 1.807) is 0 Å². The minimum absolute atomic E-state index is 0.636. The molecule has 0 aliphatic heterocycles. The van der Waals surface area contributed by atoms with Crippen LogP contribution in [0.3, 0.4) is 0 Å². The Hall–Kier alpha value is -3.15. The van der Waals surface area contributed by atoms with Gasteiger partial charge in [-0.2, -0.15) is 0 Å². The number of aromatic nitrogens is 2. The van der Waals surface area contributed by atoms with Crippen molar-refractivity contribution < 1.29 is 0 Å². The van der Waals surface area contributed by atoms with E-state index in [9.17, 15) is 0 Å². The summed E-state index contributed by atoms with van der Waals surface area (Å²) in [5, 5.41) is 0.636. The molecule has 0 atom stereocenters. The van der Waals surface area contributed by atoms with Gasteiger partial charge in [0.2, 0.25) is 0 Å². The Morgan fingerprint density at radius 3 is 2.07 bits per heavy atom. The molecule has 130 valence electrons. The highest BCUT2D eigenvalue weighted by atomic mass is 35.5. The van der Waals surface area contributed by atoms with Gasteiger partial charge in [-0.25, -0.2) is 9.97 Å². The quantitative estimate of drug-likeness (QED) is 0.387. The van der Waals surface area contributed by atoms with Crippen LogP contribution >= 0.6 is 11.6 Å². The number of halogens is 1. The van der Waals surface area contributed by atoms with Gasteiger partial charge < -0.3 is 0 Å². The van der Waals surface area contributed by atoms with Crippen LogP contribution in [0.4, 0.5) is 0 Å². The summed E-state index contributed by atoms with van der Waals surface area (Å²) in [5.74, 6) is 6.41. The van der Waals surface area contributed by atoms with Crippen molar-refractivity contribution in [2.45, 2.75) is 13.8 Å². The third kappa shape index (κ3) is 3.84. The first kappa shape index (κ1) is 17.3. The number of aryl methyl sites for hydroxylation is 2. The number of benzene rings is 3.